The Hall–Kier alpha value is -2.10. The molecule has 0 aromatic heterocycles. The Morgan fingerprint density at radius 2 is 2.07 bits per heavy atom. The zero-order chi connectivity index (χ0) is 21.3. The van der Waals surface area contributed by atoms with Crippen LogP contribution in [0.2, 0.25) is 0 Å². The number of unbranched alkanes of at least 4 members (excludes halogenated alkanes) is 1. The molecule has 0 bridgehead atoms. The first-order valence-corrected chi connectivity index (χ1v) is 10.9. The third kappa shape index (κ3) is 6.20. The summed E-state index contributed by atoms with van der Waals surface area (Å²) in [4.78, 5) is 12.2. The number of rotatable bonds is 10. The number of carbonyl (C=O) groups is 1. The Balaban J connectivity index is 1.86. The van der Waals surface area contributed by atoms with Crippen LogP contribution in [0.4, 0.5) is 5.69 Å². The van der Waals surface area contributed by atoms with Gasteiger partial charge in [0.15, 0.2) is 5.75 Å². The number of para-hydroxylation sites is 1. The van der Waals surface area contributed by atoms with Crippen molar-refractivity contribution in [3.8, 4) is 11.5 Å². The van der Waals surface area contributed by atoms with E-state index in [4.69, 9.17) is 9.47 Å². The second-order valence-electron chi connectivity index (χ2n) is 7.14. The third-order valence-corrected chi connectivity index (χ3v) is 5.51. The van der Waals surface area contributed by atoms with Crippen molar-refractivity contribution in [2.45, 2.75) is 49.5 Å². The first-order chi connectivity index (χ1) is 14.6. The maximum absolute atomic E-state index is 11.5. The van der Waals surface area contributed by atoms with Gasteiger partial charge in [-0.25, -0.2) is 4.72 Å². The van der Waals surface area contributed by atoms with Crippen LogP contribution in [0.15, 0.2) is 47.4 Å². The number of aliphatic hydroxyl groups excluding tert-OH is 2. The van der Waals surface area contributed by atoms with Gasteiger partial charge in [-0.2, -0.15) is 0 Å². The van der Waals surface area contributed by atoms with Crippen molar-refractivity contribution in [3.05, 3.63) is 48.0 Å². The van der Waals surface area contributed by atoms with E-state index >= 15 is 0 Å². The van der Waals surface area contributed by atoms with Crippen molar-refractivity contribution < 1.29 is 24.5 Å². The molecule has 2 aromatic carbocycles. The molecule has 1 aliphatic rings. The van der Waals surface area contributed by atoms with Gasteiger partial charge in [0.1, 0.15) is 18.3 Å². The van der Waals surface area contributed by atoms with E-state index in [0.717, 1.165) is 31.4 Å². The van der Waals surface area contributed by atoms with Crippen LogP contribution in [0.25, 0.3) is 0 Å². The summed E-state index contributed by atoms with van der Waals surface area (Å²) in [5.74, 6) is 1.26. The minimum Gasteiger partial charge on any atom is -0.454 e. The molecule has 0 spiro atoms. The van der Waals surface area contributed by atoms with Crippen LogP contribution < -0.4 is 14.8 Å². The van der Waals surface area contributed by atoms with Crippen molar-refractivity contribution in [2.24, 2.45) is 0 Å². The van der Waals surface area contributed by atoms with Crippen molar-refractivity contribution in [1.29, 1.82) is 0 Å². The van der Waals surface area contributed by atoms with E-state index in [1.165, 1.54) is 11.9 Å². The summed E-state index contributed by atoms with van der Waals surface area (Å²) in [5, 5.41) is 23.1. The molecule has 0 saturated carbocycles. The largest absolute Gasteiger partial charge is 0.454 e. The van der Waals surface area contributed by atoms with E-state index in [-0.39, 0.29) is 13.0 Å². The average Bonchev–Trinajstić information content (AvgIpc) is 2.75. The monoisotopic (exact) mass is 432 g/mol. The Morgan fingerprint density at radius 1 is 1.27 bits per heavy atom. The molecule has 3 atom stereocenters. The van der Waals surface area contributed by atoms with Gasteiger partial charge in [-0.1, -0.05) is 31.5 Å². The van der Waals surface area contributed by atoms with Crippen LogP contribution in [-0.2, 0) is 4.74 Å². The molecule has 1 heterocycles. The number of anilines is 1. The van der Waals surface area contributed by atoms with Gasteiger partial charge in [0.2, 0.25) is 0 Å². The first kappa shape index (κ1) is 22.6. The van der Waals surface area contributed by atoms with Crippen LogP contribution in [0.5, 0.6) is 11.5 Å². The predicted octanol–water partition coefficient (Wildman–Crippen LogP) is 3.57. The molecule has 3 rings (SSSR count). The van der Waals surface area contributed by atoms with Gasteiger partial charge in [-0.3, -0.25) is 4.79 Å². The Morgan fingerprint density at radius 3 is 2.77 bits per heavy atom. The van der Waals surface area contributed by atoms with Gasteiger partial charge in [0, 0.05) is 18.5 Å². The maximum atomic E-state index is 11.5. The van der Waals surface area contributed by atoms with Crippen molar-refractivity contribution in [3.63, 3.8) is 0 Å². The molecule has 3 unspecified atom stereocenters. The molecule has 1 aliphatic heterocycles. The Labute approximate surface area is 180 Å². The lowest BCUT2D eigenvalue weighted by molar-refractivity contribution is -0.125. The minimum absolute atomic E-state index is 0.154. The lowest BCUT2D eigenvalue weighted by Gasteiger charge is -2.31. The number of nitrogens with one attached hydrogen (secondary N) is 2. The van der Waals surface area contributed by atoms with E-state index in [2.05, 4.69) is 17.0 Å². The summed E-state index contributed by atoms with van der Waals surface area (Å²) in [6.07, 6.45) is 0.916. The summed E-state index contributed by atoms with van der Waals surface area (Å²) in [7, 11) is 0. The van der Waals surface area contributed by atoms with Gasteiger partial charge < -0.3 is 25.0 Å². The maximum Gasteiger partial charge on any atom is 0.165 e. The van der Waals surface area contributed by atoms with Gasteiger partial charge in [0.25, 0.3) is 0 Å². The lowest BCUT2D eigenvalue weighted by atomic mass is 10.1. The molecule has 4 N–H and O–H groups in total. The second-order valence-corrected chi connectivity index (χ2v) is 8.02. The highest BCUT2D eigenvalue weighted by Crippen LogP contribution is 2.39. The number of carbonyl (C=O) groups excluding carboxylic acids is 1. The van der Waals surface area contributed by atoms with Crippen molar-refractivity contribution in [1.82, 2.24) is 4.72 Å². The standard InChI is InChI=1S/C22H28N2O5S/c1-2-3-9-23-18-10-15(13-25)11-20(21(18)29-17-7-5-4-6-8-17)30-24-22-19(27)12-16(26)14-28-22/h4-8,10-11,13,16,19,22-24,26-27H,2-3,9,12,14H2,1H3. The van der Waals surface area contributed by atoms with Gasteiger partial charge in [0.05, 0.1) is 29.4 Å². The highest BCUT2D eigenvalue weighted by Gasteiger charge is 2.29. The Bertz CT molecular complexity index is 821. The minimum atomic E-state index is -0.837. The second kappa shape index (κ2) is 11.3. The predicted molar refractivity (Wildman–Crippen MR) is 117 cm³/mol. The highest BCUT2D eigenvalue weighted by atomic mass is 32.2. The number of aliphatic hydroxyl groups is 2. The van der Waals surface area contributed by atoms with Gasteiger partial charge in [-0.15, -0.1) is 0 Å². The fraction of sp³-hybridized carbons (Fsp3) is 0.409. The molecular weight excluding hydrogens is 404 g/mol. The normalized spacial score (nSPS) is 21.2. The summed E-state index contributed by atoms with van der Waals surface area (Å²) >= 11 is 1.22. The van der Waals surface area contributed by atoms with Crippen molar-refractivity contribution >= 4 is 23.9 Å². The molecular formula is C22H28N2O5S. The summed E-state index contributed by atoms with van der Waals surface area (Å²) in [5.41, 5.74) is 1.24. The summed E-state index contributed by atoms with van der Waals surface area (Å²) in [6.45, 7) is 3.02. The molecule has 162 valence electrons. The summed E-state index contributed by atoms with van der Waals surface area (Å²) < 4.78 is 14.8. The van der Waals surface area contributed by atoms with E-state index in [9.17, 15) is 15.0 Å². The molecule has 0 amide bonds. The van der Waals surface area contributed by atoms with Crippen molar-refractivity contribution in [2.75, 3.05) is 18.5 Å². The quantitative estimate of drug-likeness (QED) is 0.257. The smallest absolute Gasteiger partial charge is 0.165 e. The molecule has 30 heavy (non-hydrogen) atoms. The summed E-state index contributed by atoms with van der Waals surface area (Å²) in [6, 6.07) is 12.9. The van der Waals surface area contributed by atoms with Crippen LogP contribution in [0.3, 0.4) is 0 Å². The topological polar surface area (TPSA) is 100 Å². The zero-order valence-corrected chi connectivity index (χ0v) is 17.7. The molecule has 2 aromatic rings. The molecule has 8 heteroatoms. The van der Waals surface area contributed by atoms with Gasteiger partial charge in [-0.05, 0) is 42.6 Å². The molecule has 1 fully saturated rings. The Kier molecular flexibility index (Phi) is 8.53. The molecule has 7 nitrogen and oxygen atoms in total. The number of hydrogen-bond donors (Lipinski definition) is 4. The molecule has 0 aliphatic carbocycles. The van der Waals surface area contributed by atoms with Gasteiger partial charge >= 0.3 is 0 Å². The van der Waals surface area contributed by atoms with E-state index in [1.807, 2.05) is 30.3 Å². The number of benzene rings is 2. The van der Waals surface area contributed by atoms with Crippen LogP contribution in [0.1, 0.15) is 36.5 Å². The zero-order valence-electron chi connectivity index (χ0n) is 16.9. The average molecular weight is 433 g/mol. The van der Waals surface area contributed by atoms with E-state index < -0.39 is 18.4 Å². The van der Waals surface area contributed by atoms with Crippen LogP contribution in [-0.4, -0.2) is 48.1 Å². The first-order valence-electron chi connectivity index (χ1n) is 10.1. The molecule has 1 saturated heterocycles. The van der Waals surface area contributed by atoms with Crippen LogP contribution in [0, 0.1) is 0 Å². The lowest BCUT2D eigenvalue weighted by Crippen LogP contribution is -2.47. The van der Waals surface area contributed by atoms with E-state index in [1.54, 1.807) is 12.1 Å². The fourth-order valence-corrected chi connectivity index (χ4v) is 3.95. The number of aldehydes is 1. The molecule has 0 radical (unpaired) electrons. The SMILES string of the molecule is CCCCNc1cc(C=O)cc(SNC2OCC(O)CC2O)c1Oc1ccccc1. The number of ether oxygens (including phenoxy) is 2. The number of hydrogen-bond acceptors (Lipinski definition) is 8. The van der Waals surface area contributed by atoms with E-state index in [0.29, 0.717) is 22.0 Å². The fourth-order valence-electron chi connectivity index (χ4n) is 3.04. The van der Waals surface area contributed by atoms with Crippen LogP contribution >= 0.6 is 11.9 Å². The third-order valence-electron chi connectivity index (χ3n) is 4.64. The highest BCUT2D eigenvalue weighted by molar-refractivity contribution is 7.97.